The molecule has 1 aromatic rings. The molecule has 40 heavy (non-hydrogen) atoms. The molecule has 0 heterocycles. The topological polar surface area (TPSA) is 161 Å². The Morgan fingerprint density at radius 2 is 1.30 bits per heavy atom. The summed E-state index contributed by atoms with van der Waals surface area (Å²) >= 11 is 0. The molecule has 0 spiro atoms. The third-order valence-electron chi connectivity index (χ3n) is 6.32. The molecule has 1 rings (SSSR count). The fourth-order valence-corrected chi connectivity index (χ4v) is 3.60. The number of carbonyl (C=O) groups excluding carboxylic acids is 3. The minimum Gasteiger partial charge on any atom is -0.480 e. The Morgan fingerprint density at radius 3 is 1.75 bits per heavy atom. The number of esters is 1. The highest BCUT2D eigenvalue weighted by molar-refractivity contribution is 5.75. The maximum Gasteiger partial charge on any atom is 0.513 e. The first-order valence-electron chi connectivity index (χ1n) is 13.7. The largest absolute Gasteiger partial charge is 0.513 e. The molecule has 0 aliphatic carbocycles. The van der Waals surface area contributed by atoms with Gasteiger partial charge in [0.05, 0.1) is 19.1 Å². The van der Waals surface area contributed by atoms with Gasteiger partial charge in [-0.25, -0.2) is 9.59 Å². The summed E-state index contributed by atoms with van der Waals surface area (Å²) in [4.78, 5) is 48.9. The van der Waals surface area contributed by atoms with E-state index in [9.17, 15) is 24.3 Å². The molecular weight excluding hydrogens is 522 g/mol. The SMILES string of the molecule is CC(C)CCOC(=O)Oc1ccc(C(C(C)C(C)OC(=O)C(C)C)[C@H](N)C(=O)O)cc1OC(=O)OCCC(C)C. The fourth-order valence-electron chi connectivity index (χ4n) is 3.60. The Balaban J connectivity index is 3.37. The van der Waals surface area contributed by atoms with Gasteiger partial charge in [0.25, 0.3) is 0 Å². The molecule has 0 radical (unpaired) electrons. The number of aliphatic carboxylic acids is 1. The molecular formula is C29H45NO10. The van der Waals surface area contributed by atoms with Crippen molar-refractivity contribution in [3.63, 3.8) is 0 Å². The van der Waals surface area contributed by atoms with Gasteiger partial charge < -0.3 is 34.5 Å². The lowest BCUT2D eigenvalue weighted by Crippen LogP contribution is -2.43. The average Bonchev–Trinajstić information content (AvgIpc) is 2.84. The second-order valence-corrected chi connectivity index (χ2v) is 11.0. The predicted octanol–water partition coefficient (Wildman–Crippen LogP) is 5.53. The normalized spacial score (nSPS) is 14.3. The van der Waals surface area contributed by atoms with E-state index >= 15 is 0 Å². The molecule has 3 unspecified atom stereocenters. The summed E-state index contributed by atoms with van der Waals surface area (Å²) in [5, 5.41) is 9.74. The zero-order valence-corrected chi connectivity index (χ0v) is 24.8. The summed E-state index contributed by atoms with van der Waals surface area (Å²) in [5.41, 5.74) is 6.45. The Bertz CT molecular complexity index is 991. The monoisotopic (exact) mass is 567 g/mol. The van der Waals surface area contributed by atoms with Gasteiger partial charge in [0.1, 0.15) is 12.1 Å². The lowest BCUT2D eigenvalue weighted by molar-refractivity contribution is -0.155. The van der Waals surface area contributed by atoms with E-state index in [-0.39, 0.29) is 30.6 Å². The molecule has 0 aromatic heterocycles. The molecule has 0 saturated heterocycles. The molecule has 0 aliphatic rings. The van der Waals surface area contributed by atoms with Crippen molar-refractivity contribution in [3.8, 4) is 11.5 Å². The van der Waals surface area contributed by atoms with E-state index in [0.29, 0.717) is 30.2 Å². The Labute approximate surface area is 236 Å². The van der Waals surface area contributed by atoms with Gasteiger partial charge in [0, 0.05) is 11.8 Å². The first-order valence-corrected chi connectivity index (χ1v) is 13.7. The Hall–Kier alpha value is -3.34. The summed E-state index contributed by atoms with van der Waals surface area (Å²) in [5.74, 6) is -3.24. The molecule has 11 nitrogen and oxygen atoms in total. The number of hydrogen-bond donors (Lipinski definition) is 2. The van der Waals surface area contributed by atoms with Crippen LogP contribution in [0.1, 0.15) is 79.7 Å². The van der Waals surface area contributed by atoms with Gasteiger partial charge in [0.2, 0.25) is 0 Å². The van der Waals surface area contributed by atoms with Crippen molar-refractivity contribution in [2.75, 3.05) is 13.2 Å². The van der Waals surface area contributed by atoms with Crippen LogP contribution in [0, 0.1) is 23.7 Å². The summed E-state index contributed by atoms with van der Waals surface area (Å²) in [6.45, 7) is 14.9. The molecule has 226 valence electrons. The standard InChI is InChI=1S/C29H45NO10/c1-16(2)11-13-36-28(34)39-22-10-9-21(15-23(22)40-29(35)37-14-12-17(3)4)24(25(30)26(31)32)19(7)20(8)38-27(33)18(5)6/h9-10,15-20,24-25H,11-14,30H2,1-8H3,(H,31,32)/t19?,20?,24?,25-/m0/s1. The summed E-state index contributed by atoms with van der Waals surface area (Å²) in [7, 11) is 0. The summed E-state index contributed by atoms with van der Waals surface area (Å²) in [6.07, 6.45) is -1.47. The van der Waals surface area contributed by atoms with Gasteiger partial charge in [-0.05, 0) is 49.3 Å². The van der Waals surface area contributed by atoms with Crippen LogP contribution in [0.2, 0.25) is 0 Å². The molecule has 11 heteroatoms. The van der Waals surface area contributed by atoms with Crippen LogP contribution in [0.4, 0.5) is 9.59 Å². The number of ether oxygens (including phenoxy) is 5. The highest BCUT2D eigenvalue weighted by atomic mass is 16.7. The highest BCUT2D eigenvalue weighted by Crippen LogP contribution is 2.37. The van der Waals surface area contributed by atoms with Gasteiger partial charge in [-0.3, -0.25) is 9.59 Å². The van der Waals surface area contributed by atoms with Gasteiger partial charge in [-0.2, -0.15) is 0 Å². The number of benzene rings is 1. The van der Waals surface area contributed by atoms with Gasteiger partial charge in [-0.1, -0.05) is 54.5 Å². The smallest absolute Gasteiger partial charge is 0.480 e. The van der Waals surface area contributed by atoms with E-state index in [4.69, 9.17) is 29.4 Å². The van der Waals surface area contributed by atoms with Crippen LogP contribution in [-0.4, -0.2) is 54.7 Å². The van der Waals surface area contributed by atoms with Crippen LogP contribution in [0.5, 0.6) is 11.5 Å². The van der Waals surface area contributed by atoms with Gasteiger partial charge in [0.15, 0.2) is 11.5 Å². The van der Waals surface area contributed by atoms with Crippen molar-refractivity contribution in [1.29, 1.82) is 0 Å². The minimum absolute atomic E-state index is 0.117. The van der Waals surface area contributed by atoms with Crippen molar-refractivity contribution in [2.45, 2.75) is 86.3 Å². The molecule has 0 amide bonds. The zero-order chi connectivity index (χ0) is 30.6. The summed E-state index contributed by atoms with van der Waals surface area (Å²) in [6, 6.07) is 2.83. The van der Waals surface area contributed by atoms with E-state index in [1.807, 2.05) is 27.7 Å². The average molecular weight is 568 g/mol. The second kappa shape index (κ2) is 16.7. The maximum absolute atomic E-state index is 12.4. The van der Waals surface area contributed by atoms with Crippen molar-refractivity contribution in [3.05, 3.63) is 23.8 Å². The Morgan fingerprint density at radius 1 is 0.800 bits per heavy atom. The fraction of sp³-hybridized carbons (Fsp3) is 0.655. The zero-order valence-electron chi connectivity index (χ0n) is 24.8. The van der Waals surface area contributed by atoms with Crippen molar-refractivity contribution in [1.82, 2.24) is 0 Å². The van der Waals surface area contributed by atoms with Crippen molar-refractivity contribution in [2.24, 2.45) is 29.4 Å². The minimum atomic E-state index is -1.39. The molecule has 0 fully saturated rings. The van der Waals surface area contributed by atoms with E-state index < -0.39 is 48.2 Å². The quantitative estimate of drug-likeness (QED) is 0.156. The van der Waals surface area contributed by atoms with E-state index in [2.05, 4.69) is 0 Å². The number of rotatable bonds is 15. The van der Waals surface area contributed by atoms with Crippen molar-refractivity contribution < 1.29 is 48.0 Å². The first-order chi connectivity index (χ1) is 18.6. The number of carboxylic acid groups (broad SMARTS) is 1. The highest BCUT2D eigenvalue weighted by Gasteiger charge is 2.36. The van der Waals surface area contributed by atoms with E-state index in [0.717, 1.165) is 0 Å². The summed E-state index contributed by atoms with van der Waals surface area (Å²) < 4.78 is 26.4. The van der Waals surface area contributed by atoms with E-state index in [1.165, 1.54) is 18.2 Å². The van der Waals surface area contributed by atoms with Crippen LogP contribution in [-0.2, 0) is 23.8 Å². The lowest BCUT2D eigenvalue weighted by Gasteiger charge is -2.32. The van der Waals surface area contributed by atoms with E-state index in [1.54, 1.807) is 27.7 Å². The molecule has 0 bridgehead atoms. The van der Waals surface area contributed by atoms with Crippen LogP contribution >= 0.6 is 0 Å². The maximum atomic E-state index is 12.4. The number of carbonyl (C=O) groups is 4. The first kappa shape index (κ1) is 34.7. The number of hydrogen-bond acceptors (Lipinski definition) is 10. The number of carboxylic acids is 1. The molecule has 4 atom stereocenters. The second-order valence-electron chi connectivity index (χ2n) is 11.0. The van der Waals surface area contributed by atoms with Crippen LogP contribution in [0.3, 0.4) is 0 Å². The Kier molecular flexibility index (Phi) is 14.5. The van der Waals surface area contributed by atoms with Crippen LogP contribution < -0.4 is 15.2 Å². The van der Waals surface area contributed by atoms with Crippen LogP contribution in [0.25, 0.3) is 0 Å². The predicted molar refractivity (Wildman–Crippen MR) is 147 cm³/mol. The van der Waals surface area contributed by atoms with Crippen LogP contribution in [0.15, 0.2) is 18.2 Å². The molecule has 0 saturated carbocycles. The van der Waals surface area contributed by atoms with Gasteiger partial charge in [-0.15, -0.1) is 0 Å². The van der Waals surface area contributed by atoms with Crippen molar-refractivity contribution >= 4 is 24.2 Å². The molecule has 0 aliphatic heterocycles. The van der Waals surface area contributed by atoms with Gasteiger partial charge >= 0.3 is 24.2 Å². The number of nitrogens with two attached hydrogens (primary N) is 1. The third kappa shape index (κ3) is 11.8. The lowest BCUT2D eigenvalue weighted by atomic mass is 9.79. The molecule has 1 aromatic carbocycles. The molecule has 3 N–H and O–H groups in total. The third-order valence-corrected chi connectivity index (χ3v) is 6.32.